The van der Waals surface area contributed by atoms with E-state index in [1.807, 2.05) is 24.3 Å². The highest BCUT2D eigenvalue weighted by Gasteiger charge is 2.29. The van der Waals surface area contributed by atoms with Gasteiger partial charge in [0, 0.05) is 30.1 Å². The summed E-state index contributed by atoms with van der Waals surface area (Å²) in [5.74, 6) is -1.45. The van der Waals surface area contributed by atoms with Crippen molar-refractivity contribution in [3.63, 3.8) is 0 Å². The van der Waals surface area contributed by atoms with Gasteiger partial charge in [-0.15, -0.1) is 0 Å². The summed E-state index contributed by atoms with van der Waals surface area (Å²) in [5, 5.41) is 25.2. The summed E-state index contributed by atoms with van der Waals surface area (Å²) in [6, 6.07) is 11.9. The summed E-state index contributed by atoms with van der Waals surface area (Å²) in [6.07, 6.45) is 2.13. The number of para-hydroxylation sites is 2. The second kappa shape index (κ2) is 13.2. The van der Waals surface area contributed by atoms with E-state index in [1.54, 1.807) is 28.4 Å². The molecule has 0 saturated heterocycles. The molecule has 0 aliphatic carbocycles. The highest BCUT2D eigenvalue weighted by atomic mass is 32.2. The van der Waals surface area contributed by atoms with Crippen molar-refractivity contribution >= 4 is 40.4 Å². The topological polar surface area (TPSA) is 176 Å². The molecule has 37 heavy (non-hydrogen) atoms. The SMILES string of the molecule is COC(=O)[C@H](Cc1cn(Sc2ccccc2[N+](=O)[O-])c2ccccc12)NC(=O)[C@@H](O)[C@H](N)CCCCN. The molecule has 1 aromatic heterocycles. The molecule has 0 bridgehead atoms. The lowest BCUT2D eigenvalue weighted by molar-refractivity contribution is -0.387. The summed E-state index contributed by atoms with van der Waals surface area (Å²) in [7, 11) is 1.21. The molecule has 12 heteroatoms. The average Bonchev–Trinajstić information content (AvgIpc) is 3.24. The number of carbonyl (C=O) groups is 2. The highest BCUT2D eigenvalue weighted by molar-refractivity contribution is 7.98. The zero-order valence-electron chi connectivity index (χ0n) is 20.4. The summed E-state index contributed by atoms with van der Waals surface area (Å²) < 4.78 is 6.68. The number of rotatable bonds is 13. The normalized spacial score (nSPS) is 13.6. The number of unbranched alkanes of at least 4 members (excludes halogenated alkanes) is 1. The van der Waals surface area contributed by atoms with Crippen molar-refractivity contribution in [1.29, 1.82) is 0 Å². The molecule has 3 aromatic rings. The van der Waals surface area contributed by atoms with Crippen molar-refractivity contribution in [1.82, 2.24) is 9.29 Å². The van der Waals surface area contributed by atoms with Crippen molar-refractivity contribution in [2.45, 2.75) is 48.8 Å². The molecule has 0 spiro atoms. The van der Waals surface area contributed by atoms with E-state index in [-0.39, 0.29) is 12.1 Å². The van der Waals surface area contributed by atoms with Crippen LogP contribution in [0.5, 0.6) is 0 Å². The number of methoxy groups -OCH3 is 1. The molecule has 0 fully saturated rings. The third-order valence-electron chi connectivity index (χ3n) is 5.91. The van der Waals surface area contributed by atoms with Gasteiger partial charge in [0.1, 0.15) is 17.0 Å². The van der Waals surface area contributed by atoms with Crippen molar-refractivity contribution in [3.05, 3.63) is 70.4 Å². The lowest BCUT2D eigenvalue weighted by Gasteiger charge is -2.22. The molecule has 3 atom stereocenters. The fourth-order valence-electron chi connectivity index (χ4n) is 3.94. The van der Waals surface area contributed by atoms with Crippen molar-refractivity contribution in [3.8, 4) is 0 Å². The van der Waals surface area contributed by atoms with E-state index in [2.05, 4.69) is 5.32 Å². The van der Waals surface area contributed by atoms with E-state index >= 15 is 0 Å². The van der Waals surface area contributed by atoms with Crippen LogP contribution < -0.4 is 16.8 Å². The number of fused-ring (bicyclic) bond motifs is 1. The Morgan fingerprint density at radius 3 is 2.59 bits per heavy atom. The first-order valence-electron chi connectivity index (χ1n) is 11.8. The number of nitrogens with one attached hydrogen (secondary N) is 1. The fourth-order valence-corrected chi connectivity index (χ4v) is 4.96. The first-order chi connectivity index (χ1) is 17.8. The average molecular weight is 530 g/mol. The number of benzene rings is 2. The van der Waals surface area contributed by atoms with Gasteiger partial charge in [0.25, 0.3) is 11.6 Å². The molecule has 11 nitrogen and oxygen atoms in total. The highest BCUT2D eigenvalue weighted by Crippen LogP contribution is 2.34. The first kappa shape index (κ1) is 28.1. The fraction of sp³-hybridized carbons (Fsp3) is 0.360. The summed E-state index contributed by atoms with van der Waals surface area (Å²) in [5.41, 5.74) is 12.9. The Bertz CT molecular complexity index is 1250. The summed E-state index contributed by atoms with van der Waals surface area (Å²) in [6.45, 7) is 0.489. The molecule has 0 aliphatic heterocycles. The van der Waals surface area contributed by atoms with Crippen LogP contribution in [0, 0.1) is 10.1 Å². The predicted molar refractivity (Wildman–Crippen MR) is 141 cm³/mol. The van der Waals surface area contributed by atoms with Crippen LogP contribution in [-0.2, 0) is 20.7 Å². The lowest BCUT2D eigenvalue weighted by Crippen LogP contribution is -2.52. The number of hydrogen-bond acceptors (Lipinski definition) is 9. The predicted octanol–water partition coefficient (Wildman–Crippen LogP) is 2.12. The minimum absolute atomic E-state index is 0.0247. The Morgan fingerprint density at radius 1 is 1.19 bits per heavy atom. The van der Waals surface area contributed by atoms with Crippen LogP contribution in [0.1, 0.15) is 24.8 Å². The van der Waals surface area contributed by atoms with Gasteiger partial charge in [-0.05, 0) is 49.0 Å². The molecule has 1 amide bonds. The number of aromatic nitrogens is 1. The molecule has 198 valence electrons. The zero-order chi connectivity index (χ0) is 26.9. The number of ether oxygens (including phenoxy) is 1. The van der Waals surface area contributed by atoms with E-state index in [9.17, 15) is 24.8 Å². The Balaban J connectivity index is 1.85. The molecule has 0 radical (unpaired) electrons. The number of nitro groups is 1. The number of hydrogen-bond donors (Lipinski definition) is 4. The van der Waals surface area contributed by atoms with Gasteiger partial charge in [-0.3, -0.25) is 18.9 Å². The minimum Gasteiger partial charge on any atom is -0.467 e. The van der Waals surface area contributed by atoms with Gasteiger partial charge >= 0.3 is 5.97 Å². The molecule has 3 rings (SSSR count). The van der Waals surface area contributed by atoms with Gasteiger partial charge in [0.2, 0.25) is 0 Å². The van der Waals surface area contributed by atoms with Gasteiger partial charge in [-0.2, -0.15) is 0 Å². The molecule has 0 saturated carbocycles. The molecular formula is C25H31N5O6S. The maximum absolute atomic E-state index is 12.7. The third-order valence-corrected chi connectivity index (χ3v) is 6.95. The van der Waals surface area contributed by atoms with E-state index in [0.29, 0.717) is 29.8 Å². The number of esters is 1. The number of nitrogens with two attached hydrogens (primary N) is 2. The van der Waals surface area contributed by atoms with Crippen LogP contribution in [0.4, 0.5) is 5.69 Å². The molecule has 0 unspecified atom stereocenters. The monoisotopic (exact) mass is 529 g/mol. The lowest BCUT2D eigenvalue weighted by atomic mass is 10.0. The second-order valence-electron chi connectivity index (χ2n) is 8.50. The maximum Gasteiger partial charge on any atom is 0.328 e. The van der Waals surface area contributed by atoms with Crippen molar-refractivity contribution < 1.29 is 24.4 Å². The quantitative estimate of drug-likeness (QED) is 0.112. The Hall–Kier alpha value is -3.45. The number of aliphatic hydroxyl groups excluding tert-OH is 1. The number of nitrogens with zero attached hydrogens (tertiary/aromatic N) is 2. The number of nitro benzene ring substituents is 1. The number of aliphatic hydroxyl groups is 1. The van der Waals surface area contributed by atoms with Gasteiger partial charge in [-0.25, -0.2) is 4.79 Å². The van der Waals surface area contributed by atoms with Gasteiger partial charge < -0.3 is 26.6 Å². The van der Waals surface area contributed by atoms with Crippen LogP contribution in [0.2, 0.25) is 0 Å². The molecule has 6 N–H and O–H groups in total. The number of carbonyl (C=O) groups excluding carboxylic acids is 2. The van der Waals surface area contributed by atoms with E-state index < -0.39 is 35.0 Å². The minimum atomic E-state index is -1.50. The van der Waals surface area contributed by atoms with Crippen LogP contribution >= 0.6 is 11.9 Å². The molecule has 1 heterocycles. The van der Waals surface area contributed by atoms with Gasteiger partial charge in [-0.1, -0.05) is 36.8 Å². The first-order valence-corrected chi connectivity index (χ1v) is 12.6. The van der Waals surface area contributed by atoms with Crippen LogP contribution in [0.15, 0.2) is 59.6 Å². The van der Waals surface area contributed by atoms with Gasteiger partial charge in [0.05, 0.1) is 17.5 Å². The Labute approximate surface area is 218 Å². The molecule has 0 aliphatic rings. The van der Waals surface area contributed by atoms with Crippen LogP contribution in [-0.4, -0.2) is 57.7 Å². The Morgan fingerprint density at radius 2 is 1.89 bits per heavy atom. The zero-order valence-corrected chi connectivity index (χ0v) is 21.2. The van der Waals surface area contributed by atoms with E-state index in [4.69, 9.17) is 16.2 Å². The smallest absolute Gasteiger partial charge is 0.328 e. The Kier molecular flexibility index (Phi) is 10.0. The molecule has 2 aromatic carbocycles. The summed E-state index contributed by atoms with van der Waals surface area (Å²) >= 11 is 1.17. The van der Waals surface area contributed by atoms with Gasteiger partial charge in [0.15, 0.2) is 0 Å². The standard InChI is InChI=1S/C25H31N5O6S/c1-36-25(33)19(28-24(32)23(31)18(27)9-6-7-13-26)14-16-15-29(20-10-3-2-8-17(16)20)37-22-12-5-4-11-21(22)30(34)35/h2-5,8,10-12,15,18-19,23,31H,6-7,9,13-14,26-27H2,1H3,(H,28,32)/t18-,19+,23+/m1/s1. The number of amides is 1. The van der Waals surface area contributed by atoms with Crippen LogP contribution in [0.25, 0.3) is 10.9 Å². The molecular weight excluding hydrogens is 498 g/mol. The van der Waals surface area contributed by atoms with E-state index in [1.165, 1.54) is 25.1 Å². The van der Waals surface area contributed by atoms with E-state index in [0.717, 1.165) is 17.3 Å². The third kappa shape index (κ3) is 7.07. The maximum atomic E-state index is 12.7. The van der Waals surface area contributed by atoms with Crippen molar-refractivity contribution in [2.24, 2.45) is 11.5 Å². The largest absolute Gasteiger partial charge is 0.467 e. The van der Waals surface area contributed by atoms with Crippen LogP contribution in [0.3, 0.4) is 0 Å². The second-order valence-corrected chi connectivity index (χ2v) is 9.51. The van der Waals surface area contributed by atoms with Crippen molar-refractivity contribution in [2.75, 3.05) is 13.7 Å². The summed E-state index contributed by atoms with van der Waals surface area (Å²) in [4.78, 5) is 36.7.